The number of ether oxygens (including phenoxy) is 1. The maximum absolute atomic E-state index is 14.4. The summed E-state index contributed by atoms with van der Waals surface area (Å²) in [6, 6.07) is 27.6. The maximum atomic E-state index is 14.4. The molecule has 5 atom stereocenters. The summed E-state index contributed by atoms with van der Waals surface area (Å²) in [5, 5.41) is 54.1. The van der Waals surface area contributed by atoms with E-state index in [1.807, 2.05) is 100 Å². The van der Waals surface area contributed by atoms with Crippen molar-refractivity contribution in [3.63, 3.8) is 0 Å². The van der Waals surface area contributed by atoms with Gasteiger partial charge in [0.15, 0.2) is 11.6 Å². The first-order chi connectivity index (χ1) is 37.8. The number of nitrogens with one attached hydrogen (secondary N) is 4. The molecular formula is C62H81N9O8. The molecule has 7 N–H and O–H groups in total. The van der Waals surface area contributed by atoms with Crippen LogP contribution in [0.1, 0.15) is 110 Å². The highest BCUT2D eigenvalue weighted by atomic mass is 16.6. The van der Waals surface area contributed by atoms with Gasteiger partial charge in [0.2, 0.25) is 17.7 Å². The smallest absolute Gasteiger partial charge is 0.319 e. The quantitative estimate of drug-likeness (QED) is 0.0244. The highest BCUT2D eigenvalue weighted by Crippen LogP contribution is 2.39. The van der Waals surface area contributed by atoms with Gasteiger partial charge < -0.3 is 45.9 Å². The molecule has 3 amide bonds. The van der Waals surface area contributed by atoms with E-state index in [-0.39, 0.29) is 77.7 Å². The Labute approximate surface area is 464 Å². The molecule has 2 aliphatic heterocycles. The van der Waals surface area contributed by atoms with Crippen LogP contribution in [0.5, 0.6) is 17.5 Å². The average Bonchev–Trinajstić information content (AvgIpc) is 4.10. The molecule has 2 fully saturated rings. The summed E-state index contributed by atoms with van der Waals surface area (Å²) >= 11 is 0. The van der Waals surface area contributed by atoms with Crippen molar-refractivity contribution in [2.45, 2.75) is 142 Å². The molecule has 4 aromatic carbocycles. The van der Waals surface area contributed by atoms with Gasteiger partial charge in [-0.2, -0.15) is 0 Å². The van der Waals surface area contributed by atoms with Crippen LogP contribution in [0.4, 0.5) is 0 Å². The first-order valence-electron chi connectivity index (χ1n) is 28.3. The number of phenolic OH excluding ortho intramolecular Hbond substituents is 2. The number of phenols is 2. The molecule has 0 radical (unpaired) electrons. The van der Waals surface area contributed by atoms with Crippen molar-refractivity contribution in [1.82, 2.24) is 45.5 Å². The van der Waals surface area contributed by atoms with E-state index in [4.69, 9.17) is 4.74 Å². The van der Waals surface area contributed by atoms with Crippen LogP contribution in [-0.2, 0) is 43.3 Å². The van der Waals surface area contributed by atoms with Crippen LogP contribution in [-0.4, -0.2) is 126 Å². The molecule has 17 heteroatoms. The minimum atomic E-state index is -0.948. The van der Waals surface area contributed by atoms with Gasteiger partial charge in [0.05, 0.1) is 36.5 Å². The van der Waals surface area contributed by atoms with Gasteiger partial charge in [-0.05, 0) is 136 Å². The topological polar surface area (TPSA) is 228 Å². The van der Waals surface area contributed by atoms with Crippen LogP contribution in [0.2, 0.25) is 0 Å². The lowest BCUT2D eigenvalue weighted by Crippen LogP contribution is -2.58. The van der Waals surface area contributed by atoms with Crippen molar-refractivity contribution in [1.29, 1.82) is 0 Å². The minimum absolute atomic E-state index is 0.0123. The number of fused-ring (bicyclic) bond motifs is 1. The summed E-state index contributed by atoms with van der Waals surface area (Å²) in [6.45, 7) is 17.1. The van der Waals surface area contributed by atoms with Crippen LogP contribution in [0, 0.1) is 17.8 Å². The molecule has 8 rings (SSSR count). The van der Waals surface area contributed by atoms with Crippen molar-refractivity contribution in [2.24, 2.45) is 17.8 Å². The highest BCUT2D eigenvalue weighted by molar-refractivity contribution is 5.98. The Morgan fingerprint density at radius 2 is 1.39 bits per heavy atom. The van der Waals surface area contributed by atoms with Gasteiger partial charge in [-0.15, -0.1) is 5.10 Å². The Hall–Kier alpha value is -7.08. The second-order valence-electron chi connectivity index (χ2n) is 23.2. The molecule has 6 aromatic rings. The number of Topliss-reactive ketones (excluding diaryl/α,β-unsaturated/α-hetero) is 1. The van der Waals surface area contributed by atoms with E-state index in [1.54, 1.807) is 13.0 Å². The van der Waals surface area contributed by atoms with E-state index < -0.39 is 29.6 Å². The molecule has 422 valence electrons. The Bertz CT molecular complexity index is 3020. The summed E-state index contributed by atoms with van der Waals surface area (Å²) in [4.78, 5) is 58.3. The van der Waals surface area contributed by atoms with Gasteiger partial charge in [-0.1, -0.05) is 107 Å². The number of nitrogens with zero attached hydrogens (tertiary/aromatic N) is 5. The molecular weight excluding hydrogens is 999 g/mol. The first kappa shape index (κ1) is 58.1. The molecule has 0 saturated carbocycles. The number of aromatic nitrogens is 4. The largest absolute Gasteiger partial charge is 0.508 e. The number of epoxide rings is 1. The predicted molar refractivity (Wildman–Crippen MR) is 306 cm³/mol. The lowest BCUT2D eigenvalue weighted by Gasteiger charge is -2.32. The van der Waals surface area contributed by atoms with E-state index in [9.17, 15) is 34.5 Å². The maximum Gasteiger partial charge on any atom is 0.319 e. The van der Waals surface area contributed by atoms with Crippen LogP contribution >= 0.6 is 0 Å². The molecule has 2 saturated heterocycles. The predicted octanol–water partition coefficient (Wildman–Crippen LogP) is 7.97. The first-order valence-corrected chi connectivity index (χ1v) is 28.3. The number of aryl methyl sites for hydroxylation is 2. The molecule has 0 aliphatic carbocycles. The number of benzene rings is 4. The molecule has 4 heterocycles. The Morgan fingerprint density at radius 1 is 0.747 bits per heavy atom. The summed E-state index contributed by atoms with van der Waals surface area (Å²) in [7, 11) is 0. The second kappa shape index (κ2) is 26.3. The van der Waals surface area contributed by atoms with Crippen LogP contribution in [0.3, 0.4) is 0 Å². The van der Waals surface area contributed by atoms with Gasteiger partial charge in [-0.3, -0.25) is 24.1 Å². The SMILES string of the molecule is CC(C)C[C@H](NC[C@@H](CCc1ccccc1)NC(=O)CN1CCC(CCn2ccc3cc(-n4c(O)nnc4-c4cc(C(C)C)c(O)cc4O)ccc32)CC1)C(=O)NC(Cc1ccccc1)C(=O)N[C@@H](CC(C)C)C(=O)[C@]1(C)CO1. The fraction of sp³-hybridized carbons (Fsp3) is 0.484. The molecule has 17 nitrogen and oxygen atoms in total. The number of amides is 3. The Balaban J connectivity index is 0.867. The van der Waals surface area contributed by atoms with Gasteiger partial charge >= 0.3 is 6.01 Å². The third-order valence-corrected chi connectivity index (χ3v) is 15.5. The van der Waals surface area contributed by atoms with Gasteiger partial charge in [0.25, 0.3) is 0 Å². The third-order valence-electron chi connectivity index (χ3n) is 15.5. The summed E-state index contributed by atoms with van der Waals surface area (Å²) in [5.74, 6) is -0.169. The number of piperidine rings is 1. The van der Waals surface area contributed by atoms with E-state index in [0.29, 0.717) is 55.1 Å². The number of hydrogen-bond donors (Lipinski definition) is 7. The average molecular weight is 1080 g/mol. The number of hydrogen-bond acceptors (Lipinski definition) is 12. The van der Waals surface area contributed by atoms with Crippen molar-refractivity contribution in [3.8, 4) is 34.6 Å². The molecule has 79 heavy (non-hydrogen) atoms. The molecule has 2 aliphatic rings. The number of ketones is 1. The van der Waals surface area contributed by atoms with Crippen LogP contribution < -0.4 is 21.3 Å². The van der Waals surface area contributed by atoms with E-state index in [0.717, 1.165) is 67.3 Å². The number of carbonyl (C=O) groups excluding carboxylic acids is 4. The molecule has 0 bridgehead atoms. The zero-order valence-electron chi connectivity index (χ0n) is 47.0. The van der Waals surface area contributed by atoms with Crippen molar-refractivity contribution < 1.29 is 39.2 Å². The fourth-order valence-corrected chi connectivity index (χ4v) is 10.9. The fourth-order valence-electron chi connectivity index (χ4n) is 10.9. The van der Waals surface area contributed by atoms with Crippen molar-refractivity contribution in [2.75, 3.05) is 32.8 Å². The molecule has 1 unspecified atom stereocenters. The van der Waals surface area contributed by atoms with E-state index in [2.05, 4.69) is 73.1 Å². The minimum Gasteiger partial charge on any atom is -0.508 e. The third kappa shape index (κ3) is 15.4. The lowest BCUT2D eigenvalue weighted by atomic mass is 9.93. The number of carbonyl (C=O) groups is 4. The standard InChI is InChI=1S/C62H81N9O8/c1-39(2)30-50(57(75)62(7)38-79-62)65-60(77)52(32-44-16-12-9-13-17-44)66-59(76)51(31-40(3)4)63-36-46(19-18-42-14-10-8-11-15-42)64-56(74)37-69-26-22-43(23-27-69)24-28-70-29-25-45-33-47(20-21-53(45)70)71-58(67-68-61(71)78)49-34-48(41(5)6)54(72)35-55(49)73/h8-17,20-21,25,29,33-35,39-41,43,46,50-52,63,72-73H,18-19,22-24,26-28,30-32,36-38H2,1-7H3,(H,64,74)(H,65,77)(H,66,76)(H,68,78)/t46-,50+,51+,52?,62+/m1/s1. The Kier molecular flexibility index (Phi) is 19.3. The second-order valence-corrected chi connectivity index (χ2v) is 23.2. The molecule has 2 aromatic heterocycles. The molecule has 0 spiro atoms. The normalized spacial score (nSPS) is 17.4. The summed E-state index contributed by atoms with van der Waals surface area (Å²) in [6.07, 6.45) is 7.54. The lowest BCUT2D eigenvalue weighted by molar-refractivity contribution is -0.133. The van der Waals surface area contributed by atoms with E-state index >= 15 is 0 Å². The number of likely N-dealkylation sites (tertiary alicyclic amines) is 1. The Morgan fingerprint density at radius 3 is 2.05 bits per heavy atom. The van der Waals surface area contributed by atoms with Gasteiger partial charge in [0, 0.05) is 48.7 Å². The zero-order chi connectivity index (χ0) is 56.4. The van der Waals surface area contributed by atoms with Crippen LogP contribution in [0.15, 0.2) is 103 Å². The zero-order valence-corrected chi connectivity index (χ0v) is 47.0. The van der Waals surface area contributed by atoms with Crippen molar-refractivity contribution in [3.05, 3.63) is 120 Å². The summed E-state index contributed by atoms with van der Waals surface area (Å²) < 4.78 is 9.21. The van der Waals surface area contributed by atoms with Gasteiger partial charge in [-0.25, -0.2) is 4.57 Å². The van der Waals surface area contributed by atoms with Gasteiger partial charge in [0.1, 0.15) is 23.1 Å². The highest BCUT2D eigenvalue weighted by Gasteiger charge is 2.50. The van der Waals surface area contributed by atoms with Crippen molar-refractivity contribution >= 4 is 34.4 Å². The van der Waals surface area contributed by atoms with E-state index in [1.165, 1.54) is 10.6 Å². The number of aromatic hydroxyl groups is 3. The monoisotopic (exact) mass is 1080 g/mol. The number of rotatable bonds is 27. The van der Waals surface area contributed by atoms with Crippen LogP contribution in [0.25, 0.3) is 28.0 Å². The summed E-state index contributed by atoms with van der Waals surface area (Å²) in [5.41, 5.74) is 3.77.